The van der Waals surface area contributed by atoms with Crippen LogP contribution < -0.4 is 0 Å². The largest absolute Gasteiger partial charge is 0.373 e. The van der Waals surface area contributed by atoms with Crippen molar-refractivity contribution in [2.24, 2.45) is 11.8 Å². The number of methoxy groups -OCH3 is 1. The highest BCUT2D eigenvalue weighted by molar-refractivity contribution is 5.84. The lowest BCUT2D eigenvalue weighted by Gasteiger charge is -2.18. The number of hydrogen-bond donors (Lipinski definition) is 0. The molecule has 0 bridgehead atoms. The van der Waals surface area contributed by atoms with E-state index in [0.717, 1.165) is 18.8 Å². The maximum atomic E-state index is 12.1. The van der Waals surface area contributed by atoms with E-state index >= 15 is 0 Å². The van der Waals surface area contributed by atoms with Crippen LogP contribution in [0.4, 0.5) is 0 Å². The second kappa shape index (κ2) is 9.08. The average Bonchev–Trinajstić information content (AvgIpc) is 2.88. The summed E-state index contributed by atoms with van der Waals surface area (Å²) in [5.74, 6) is 1.17. The van der Waals surface area contributed by atoms with Gasteiger partial charge in [-0.1, -0.05) is 63.8 Å². The fourth-order valence-corrected chi connectivity index (χ4v) is 2.50. The van der Waals surface area contributed by atoms with Crippen LogP contribution in [0.1, 0.15) is 52.4 Å². The number of hydrogen-bond acceptors (Lipinski definition) is 2. The van der Waals surface area contributed by atoms with Gasteiger partial charge in [0.15, 0.2) is 5.78 Å². The number of rotatable bonds is 10. The van der Waals surface area contributed by atoms with Crippen molar-refractivity contribution in [3.63, 3.8) is 0 Å². The Bertz CT molecular complexity index is 303. The smallest absolute Gasteiger partial charge is 0.162 e. The Balaban J connectivity index is 2.15. The molecule has 1 aliphatic rings. The third-order valence-corrected chi connectivity index (χ3v) is 3.65. The van der Waals surface area contributed by atoms with Gasteiger partial charge < -0.3 is 4.74 Å². The summed E-state index contributed by atoms with van der Waals surface area (Å²) < 4.78 is 5.35. The number of allylic oxidation sites excluding steroid dienone is 2. The monoisotopic (exact) mass is 264 g/mol. The summed E-state index contributed by atoms with van der Waals surface area (Å²) in [4.78, 5) is 12.1. The summed E-state index contributed by atoms with van der Waals surface area (Å²) in [5, 5.41) is 0. The molecule has 108 valence electrons. The molecule has 1 atom stereocenters. The van der Waals surface area contributed by atoms with Gasteiger partial charge in [0.1, 0.15) is 6.10 Å². The first-order valence-corrected chi connectivity index (χ1v) is 7.55. The highest BCUT2D eigenvalue weighted by Crippen LogP contribution is 2.19. The van der Waals surface area contributed by atoms with Gasteiger partial charge in [0, 0.05) is 19.4 Å². The van der Waals surface area contributed by atoms with E-state index < -0.39 is 0 Å². The van der Waals surface area contributed by atoms with Crippen molar-refractivity contribution in [3.05, 3.63) is 24.3 Å². The van der Waals surface area contributed by atoms with Crippen LogP contribution in [-0.2, 0) is 9.53 Å². The van der Waals surface area contributed by atoms with E-state index in [1.54, 1.807) is 7.11 Å². The minimum absolute atomic E-state index is 0.137. The minimum atomic E-state index is -0.286. The van der Waals surface area contributed by atoms with E-state index in [0.29, 0.717) is 6.42 Å². The second-order valence-electron chi connectivity index (χ2n) is 5.82. The topological polar surface area (TPSA) is 26.3 Å². The summed E-state index contributed by atoms with van der Waals surface area (Å²) in [6.07, 6.45) is 14.4. The van der Waals surface area contributed by atoms with Gasteiger partial charge in [-0.15, -0.1) is 0 Å². The lowest BCUT2D eigenvalue weighted by molar-refractivity contribution is -0.130. The zero-order chi connectivity index (χ0) is 14.1. The van der Waals surface area contributed by atoms with Gasteiger partial charge in [0.25, 0.3) is 0 Å². The Morgan fingerprint density at radius 2 is 1.74 bits per heavy atom. The molecule has 0 radical (unpaired) electrons. The Labute approximate surface area is 117 Å². The molecule has 1 unspecified atom stereocenters. The van der Waals surface area contributed by atoms with Crippen LogP contribution in [0.25, 0.3) is 0 Å². The maximum absolute atomic E-state index is 12.1. The van der Waals surface area contributed by atoms with Crippen LogP contribution in [0, 0.1) is 11.8 Å². The van der Waals surface area contributed by atoms with Crippen LogP contribution in [0.3, 0.4) is 0 Å². The van der Waals surface area contributed by atoms with Crippen LogP contribution in [0.15, 0.2) is 24.3 Å². The molecule has 2 nitrogen and oxygen atoms in total. The van der Waals surface area contributed by atoms with Crippen molar-refractivity contribution < 1.29 is 9.53 Å². The first kappa shape index (κ1) is 16.2. The van der Waals surface area contributed by atoms with Gasteiger partial charge in [-0.3, -0.25) is 4.79 Å². The van der Waals surface area contributed by atoms with Gasteiger partial charge in [-0.05, 0) is 12.3 Å². The first-order valence-electron chi connectivity index (χ1n) is 7.55. The summed E-state index contributed by atoms with van der Waals surface area (Å²) >= 11 is 0. The van der Waals surface area contributed by atoms with E-state index in [1.165, 1.54) is 19.3 Å². The van der Waals surface area contributed by atoms with Crippen molar-refractivity contribution in [2.75, 3.05) is 7.11 Å². The standard InChI is InChI=1S/C17H28O2/c1-14(2)10-6-4-5-7-13-16(18)17(19-3)15-11-8-9-12-15/h8-9,11-12,14-15,17H,4-7,10,13H2,1-3H3. The SMILES string of the molecule is COC(C(=O)CCCCCCC(C)C)C1C=CC=C1. The summed E-state index contributed by atoms with van der Waals surface area (Å²) in [5.41, 5.74) is 0. The quantitative estimate of drug-likeness (QED) is 0.550. The van der Waals surface area contributed by atoms with Gasteiger partial charge in [-0.25, -0.2) is 0 Å². The van der Waals surface area contributed by atoms with E-state index in [4.69, 9.17) is 4.74 Å². The molecule has 0 amide bonds. The van der Waals surface area contributed by atoms with Crippen LogP contribution >= 0.6 is 0 Å². The predicted octanol–water partition coefficient (Wildman–Crippen LogP) is 4.31. The number of Topliss-reactive ketones (excluding diaryl/α,β-unsaturated/α-hetero) is 1. The summed E-state index contributed by atoms with van der Waals surface area (Å²) in [6.45, 7) is 4.52. The molecule has 0 aromatic carbocycles. The maximum Gasteiger partial charge on any atom is 0.162 e. The van der Waals surface area contributed by atoms with Crippen LogP contribution in [0.5, 0.6) is 0 Å². The Morgan fingerprint density at radius 1 is 1.11 bits per heavy atom. The number of ketones is 1. The Kier molecular flexibility index (Phi) is 7.73. The van der Waals surface area contributed by atoms with Gasteiger partial charge in [0.2, 0.25) is 0 Å². The average molecular weight is 264 g/mol. The molecule has 1 rings (SSSR count). The van der Waals surface area contributed by atoms with Crippen molar-refractivity contribution in [1.82, 2.24) is 0 Å². The Morgan fingerprint density at radius 3 is 2.32 bits per heavy atom. The number of carbonyl (C=O) groups excluding carboxylic acids is 1. The molecule has 0 fully saturated rings. The molecule has 0 heterocycles. The molecule has 2 heteroatoms. The van der Waals surface area contributed by atoms with Gasteiger partial charge in [-0.2, -0.15) is 0 Å². The molecule has 0 saturated heterocycles. The van der Waals surface area contributed by atoms with Crippen LogP contribution in [-0.4, -0.2) is 19.0 Å². The number of ether oxygens (including phenoxy) is 1. The molecule has 0 N–H and O–H groups in total. The zero-order valence-corrected chi connectivity index (χ0v) is 12.6. The molecule has 0 aliphatic heterocycles. The van der Waals surface area contributed by atoms with E-state index in [1.807, 2.05) is 24.3 Å². The lowest BCUT2D eigenvalue weighted by atomic mass is 9.96. The molecule has 0 aromatic rings. The first-order chi connectivity index (χ1) is 9.15. The highest BCUT2D eigenvalue weighted by Gasteiger charge is 2.24. The highest BCUT2D eigenvalue weighted by atomic mass is 16.5. The van der Waals surface area contributed by atoms with Crippen molar-refractivity contribution >= 4 is 5.78 Å². The molecule has 0 aromatic heterocycles. The molecule has 0 saturated carbocycles. The van der Waals surface area contributed by atoms with Crippen molar-refractivity contribution in [2.45, 2.75) is 58.5 Å². The molecular weight excluding hydrogens is 236 g/mol. The minimum Gasteiger partial charge on any atom is -0.373 e. The van der Waals surface area contributed by atoms with Gasteiger partial charge in [0.05, 0.1) is 0 Å². The lowest BCUT2D eigenvalue weighted by Crippen LogP contribution is -2.29. The molecule has 0 spiro atoms. The molecule has 19 heavy (non-hydrogen) atoms. The van der Waals surface area contributed by atoms with E-state index in [-0.39, 0.29) is 17.8 Å². The van der Waals surface area contributed by atoms with E-state index in [9.17, 15) is 4.79 Å². The third kappa shape index (κ3) is 6.20. The Hall–Kier alpha value is -0.890. The number of unbranched alkanes of at least 4 members (excludes halogenated alkanes) is 3. The number of carbonyl (C=O) groups is 1. The fourth-order valence-electron chi connectivity index (χ4n) is 2.50. The predicted molar refractivity (Wildman–Crippen MR) is 80.1 cm³/mol. The van der Waals surface area contributed by atoms with E-state index in [2.05, 4.69) is 13.8 Å². The third-order valence-electron chi connectivity index (χ3n) is 3.65. The summed E-state index contributed by atoms with van der Waals surface area (Å²) in [7, 11) is 1.63. The fraction of sp³-hybridized carbons (Fsp3) is 0.706. The molecule has 1 aliphatic carbocycles. The van der Waals surface area contributed by atoms with Gasteiger partial charge >= 0.3 is 0 Å². The van der Waals surface area contributed by atoms with Crippen molar-refractivity contribution in [3.8, 4) is 0 Å². The second-order valence-corrected chi connectivity index (χ2v) is 5.82. The van der Waals surface area contributed by atoms with Crippen molar-refractivity contribution in [1.29, 1.82) is 0 Å². The van der Waals surface area contributed by atoms with Crippen LogP contribution in [0.2, 0.25) is 0 Å². The summed E-state index contributed by atoms with van der Waals surface area (Å²) in [6, 6.07) is 0. The molecular formula is C17H28O2. The zero-order valence-electron chi connectivity index (χ0n) is 12.6. The normalized spacial score (nSPS) is 16.4.